The molecule has 2 aromatic heterocycles. The molecule has 29 heavy (non-hydrogen) atoms. The van der Waals surface area contributed by atoms with E-state index in [2.05, 4.69) is 4.99 Å². The minimum absolute atomic E-state index is 0.112. The molecule has 2 aromatic rings. The van der Waals surface area contributed by atoms with Crippen LogP contribution in [0.3, 0.4) is 0 Å². The summed E-state index contributed by atoms with van der Waals surface area (Å²) in [6.45, 7) is 4.27. The van der Waals surface area contributed by atoms with E-state index in [-0.39, 0.29) is 23.3 Å². The Labute approximate surface area is 177 Å². The van der Waals surface area contributed by atoms with Gasteiger partial charge in [-0.15, -0.1) is 11.3 Å². The maximum atomic E-state index is 12.8. The lowest BCUT2D eigenvalue weighted by atomic mass is 9.99. The van der Waals surface area contributed by atoms with Gasteiger partial charge in [-0.3, -0.25) is 4.79 Å². The third kappa shape index (κ3) is 4.52. The number of ether oxygens (including phenoxy) is 1. The van der Waals surface area contributed by atoms with Crippen molar-refractivity contribution >= 4 is 44.6 Å². The number of nitrogens with zero attached hydrogens (tertiary/aromatic N) is 3. The largest absolute Gasteiger partial charge is 0.462 e. The number of aromatic nitrogens is 1. The van der Waals surface area contributed by atoms with Crippen molar-refractivity contribution in [1.29, 1.82) is 0 Å². The van der Waals surface area contributed by atoms with Gasteiger partial charge in [-0.05, 0) is 38.1 Å². The number of thiophene rings is 1. The number of rotatable bonds is 5. The van der Waals surface area contributed by atoms with Crippen LogP contribution < -0.4 is 4.80 Å². The fraction of sp³-hybridized carbons (Fsp3) is 0.500. The van der Waals surface area contributed by atoms with E-state index in [0.717, 1.165) is 11.3 Å². The molecule has 3 heterocycles. The van der Waals surface area contributed by atoms with E-state index in [0.29, 0.717) is 34.8 Å². The lowest BCUT2D eigenvalue weighted by molar-refractivity contribution is -0.122. The second-order valence-electron chi connectivity index (χ2n) is 6.66. The maximum absolute atomic E-state index is 12.8. The van der Waals surface area contributed by atoms with E-state index in [4.69, 9.17) is 4.74 Å². The monoisotopic (exact) mass is 457 g/mol. The van der Waals surface area contributed by atoms with Gasteiger partial charge in [-0.25, -0.2) is 13.2 Å². The van der Waals surface area contributed by atoms with Gasteiger partial charge in [0.15, 0.2) is 4.80 Å². The van der Waals surface area contributed by atoms with Crippen molar-refractivity contribution in [3.05, 3.63) is 32.9 Å². The first-order valence-corrected chi connectivity index (χ1v) is 12.3. The van der Waals surface area contributed by atoms with Crippen molar-refractivity contribution in [1.82, 2.24) is 8.87 Å². The normalized spacial score (nSPS) is 18.7. The van der Waals surface area contributed by atoms with Gasteiger partial charge < -0.3 is 9.30 Å². The molecule has 0 spiro atoms. The molecule has 0 aliphatic carbocycles. The number of carbonyl (C=O) groups excluding carboxylic acids is 2. The molecule has 0 N–H and O–H groups in total. The SMILES string of the molecule is CCOC(=O)c1sc(=NC(=O)[C@H]2CCCN(S(=O)(=O)c3cccs3)C2)n(C)c1C. The van der Waals surface area contributed by atoms with Gasteiger partial charge in [-0.1, -0.05) is 17.4 Å². The van der Waals surface area contributed by atoms with Gasteiger partial charge in [0.1, 0.15) is 9.09 Å². The summed E-state index contributed by atoms with van der Waals surface area (Å²) in [5.74, 6) is -1.32. The maximum Gasteiger partial charge on any atom is 0.350 e. The highest BCUT2D eigenvalue weighted by molar-refractivity contribution is 7.91. The van der Waals surface area contributed by atoms with Gasteiger partial charge in [0, 0.05) is 25.8 Å². The summed E-state index contributed by atoms with van der Waals surface area (Å²) < 4.78 is 33.9. The van der Waals surface area contributed by atoms with Crippen LogP contribution in [0.4, 0.5) is 0 Å². The van der Waals surface area contributed by atoms with Gasteiger partial charge in [0.2, 0.25) is 0 Å². The fourth-order valence-electron chi connectivity index (χ4n) is 3.10. The summed E-state index contributed by atoms with van der Waals surface area (Å²) in [7, 11) is -1.86. The lowest BCUT2D eigenvalue weighted by Gasteiger charge is -2.29. The lowest BCUT2D eigenvalue weighted by Crippen LogP contribution is -2.42. The molecule has 158 valence electrons. The minimum atomic E-state index is -3.59. The second-order valence-corrected chi connectivity index (χ2v) is 10.8. The Hall–Kier alpha value is -1.82. The van der Waals surface area contributed by atoms with Crippen LogP contribution in [0.15, 0.2) is 26.7 Å². The summed E-state index contributed by atoms with van der Waals surface area (Å²) in [5.41, 5.74) is 0.672. The molecule has 8 nitrogen and oxygen atoms in total. The van der Waals surface area contributed by atoms with Crippen LogP contribution in [-0.4, -0.2) is 48.9 Å². The van der Waals surface area contributed by atoms with E-state index in [1.807, 2.05) is 0 Å². The molecular formula is C18H23N3O5S3. The third-order valence-corrected chi connectivity index (χ3v) is 9.25. The molecule has 1 atom stereocenters. The number of esters is 1. The molecule has 3 rings (SSSR count). The van der Waals surface area contributed by atoms with Gasteiger partial charge in [-0.2, -0.15) is 9.30 Å². The number of thiazole rings is 1. The molecule has 0 bridgehead atoms. The highest BCUT2D eigenvalue weighted by Crippen LogP contribution is 2.27. The number of carbonyl (C=O) groups is 2. The van der Waals surface area contributed by atoms with Crippen molar-refractivity contribution < 1.29 is 22.7 Å². The summed E-state index contributed by atoms with van der Waals surface area (Å²) in [5, 5.41) is 1.72. The zero-order valence-electron chi connectivity index (χ0n) is 16.5. The predicted octanol–water partition coefficient (Wildman–Crippen LogP) is 2.16. The minimum Gasteiger partial charge on any atom is -0.462 e. The van der Waals surface area contributed by atoms with Gasteiger partial charge in [0.25, 0.3) is 15.9 Å². The molecule has 1 fully saturated rings. The Bertz CT molecular complexity index is 1070. The Balaban J connectivity index is 1.82. The summed E-state index contributed by atoms with van der Waals surface area (Å²) in [6, 6.07) is 3.26. The molecular weight excluding hydrogens is 434 g/mol. The number of hydrogen-bond acceptors (Lipinski definition) is 7. The van der Waals surface area contributed by atoms with Crippen molar-refractivity contribution in [3.8, 4) is 0 Å². The summed E-state index contributed by atoms with van der Waals surface area (Å²) in [6.07, 6.45) is 1.18. The van der Waals surface area contributed by atoms with Crippen molar-refractivity contribution in [2.45, 2.75) is 30.9 Å². The van der Waals surface area contributed by atoms with Crippen LogP contribution in [0.1, 0.15) is 35.1 Å². The third-order valence-electron chi connectivity index (χ3n) is 4.80. The first kappa shape index (κ1) is 21.9. The molecule has 1 aliphatic heterocycles. The Morgan fingerprint density at radius 3 is 2.79 bits per heavy atom. The number of sulfonamides is 1. The summed E-state index contributed by atoms with van der Waals surface area (Å²) in [4.78, 5) is 29.9. The van der Waals surface area contributed by atoms with Crippen molar-refractivity contribution in [2.75, 3.05) is 19.7 Å². The number of amides is 1. The first-order chi connectivity index (χ1) is 13.8. The predicted molar refractivity (Wildman–Crippen MR) is 110 cm³/mol. The van der Waals surface area contributed by atoms with Crippen molar-refractivity contribution in [3.63, 3.8) is 0 Å². The number of hydrogen-bond donors (Lipinski definition) is 0. The topological polar surface area (TPSA) is 98.0 Å². The van der Waals surface area contributed by atoms with E-state index < -0.39 is 21.9 Å². The molecule has 0 saturated carbocycles. The van der Waals surface area contributed by atoms with E-state index in [9.17, 15) is 18.0 Å². The van der Waals surface area contributed by atoms with Crippen LogP contribution in [0.2, 0.25) is 0 Å². The molecule has 1 saturated heterocycles. The Kier molecular flexibility index (Phi) is 6.72. The molecule has 1 aliphatic rings. The Morgan fingerprint density at radius 1 is 1.38 bits per heavy atom. The molecule has 0 radical (unpaired) electrons. The van der Waals surface area contributed by atoms with Crippen LogP contribution >= 0.6 is 22.7 Å². The molecule has 1 amide bonds. The standard InChI is InChI=1S/C18H23N3O5S3/c1-4-26-17(23)15-12(2)20(3)18(28-15)19-16(22)13-7-5-9-21(11-13)29(24,25)14-8-6-10-27-14/h6,8,10,13H,4-5,7,9,11H2,1-3H3/t13-/m0/s1. The summed E-state index contributed by atoms with van der Waals surface area (Å²) >= 11 is 2.27. The smallest absolute Gasteiger partial charge is 0.350 e. The van der Waals surface area contributed by atoms with Crippen LogP contribution in [-0.2, 0) is 26.6 Å². The molecule has 11 heteroatoms. The zero-order chi connectivity index (χ0) is 21.2. The highest BCUT2D eigenvalue weighted by atomic mass is 32.2. The second kappa shape index (κ2) is 8.90. The molecule has 0 unspecified atom stereocenters. The van der Waals surface area contributed by atoms with Gasteiger partial charge >= 0.3 is 5.97 Å². The van der Waals surface area contributed by atoms with Crippen LogP contribution in [0, 0.1) is 12.8 Å². The van der Waals surface area contributed by atoms with Crippen molar-refractivity contribution in [2.24, 2.45) is 18.0 Å². The van der Waals surface area contributed by atoms with E-state index in [1.165, 1.54) is 15.6 Å². The van der Waals surface area contributed by atoms with Crippen LogP contribution in [0.5, 0.6) is 0 Å². The average molecular weight is 458 g/mol. The fourth-order valence-corrected chi connectivity index (χ4v) is 6.79. The van der Waals surface area contributed by atoms with Crippen LogP contribution in [0.25, 0.3) is 0 Å². The highest BCUT2D eigenvalue weighted by Gasteiger charge is 2.33. The first-order valence-electron chi connectivity index (χ1n) is 9.21. The van der Waals surface area contributed by atoms with E-state index in [1.54, 1.807) is 43.0 Å². The zero-order valence-corrected chi connectivity index (χ0v) is 18.9. The molecule has 0 aromatic carbocycles. The Morgan fingerprint density at radius 2 is 2.14 bits per heavy atom. The average Bonchev–Trinajstić information content (AvgIpc) is 3.33. The van der Waals surface area contributed by atoms with E-state index >= 15 is 0 Å². The number of piperidine rings is 1. The van der Waals surface area contributed by atoms with Gasteiger partial charge in [0.05, 0.1) is 12.5 Å². The quantitative estimate of drug-likeness (QED) is 0.641.